The van der Waals surface area contributed by atoms with Gasteiger partial charge in [-0.1, -0.05) is 18.2 Å². The minimum absolute atomic E-state index is 0.212. The molecule has 2 aliphatic rings. The number of benzene rings is 2. The van der Waals surface area contributed by atoms with Gasteiger partial charge in [-0.15, -0.1) is 0 Å². The third-order valence-corrected chi connectivity index (χ3v) is 8.41. The maximum Gasteiger partial charge on any atom is 0.262 e. The molecule has 11 nitrogen and oxygen atoms in total. The van der Waals surface area contributed by atoms with Gasteiger partial charge in [-0.25, -0.2) is 0 Å². The van der Waals surface area contributed by atoms with Gasteiger partial charge >= 0.3 is 0 Å². The number of aromatic nitrogens is 1. The van der Waals surface area contributed by atoms with E-state index in [1.807, 2.05) is 29.8 Å². The molecule has 5 N–H and O–H groups in total. The summed E-state index contributed by atoms with van der Waals surface area (Å²) in [5.74, 6) is -0.832. The molecule has 11 heteroatoms. The van der Waals surface area contributed by atoms with Crippen LogP contribution in [0.5, 0.6) is 0 Å². The van der Waals surface area contributed by atoms with Crippen molar-refractivity contribution in [3.63, 3.8) is 0 Å². The highest BCUT2D eigenvalue weighted by atomic mass is 16.6. The number of nitriles is 1. The Labute approximate surface area is 244 Å². The predicted molar refractivity (Wildman–Crippen MR) is 158 cm³/mol. The molecule has 1 unspecified atom stereocenters. The second-order valence-corrected chi connectivity index (χ2v) is 11.0. The van der Waals surface area contributed by atoms with E-state index >= 15 is 0 Å². The highest BCUT2D eigenvalue weighted by Gasteiger charge is 2.44. The van der Waals surface area contributed by atoms with Gasteiger partial charge < -0.3 is 44.8 Å². The number of allylic oxidation sites excluding steroid dienone is 1. The van der Waals surface area contributed by atoms with Crippen LogP contribution in [0.4, 0.5) is 5.69 Å². The summed E-state index contributed by atoms with van der Waals surface area (Å²) < 4.78 is 7.01. The Morgan fingerprint density at radius 1 is 1.00 bits per heavy atom. The zero-order chi connectivity index (χ0) is 30.1. The third kappa shape index (κ3) is 5.65. The zero-order valence-corrected chi connectivity index (χ0v) is 23.9. The fourth-order valence-corrected chi connectivity index (χ4v) is 5.74. The van der Waals surface area contributed by atoms with Crippen LogP contribution < -0.4 is 10.2 Å². The van der Waals surface area contributed by atoms with Crippen LogP contribution in [0.1, 0.15) is 12.6 Å². The van der Waals surface area contributed by atoms with Gasteiger partial charge in [0.25, 0.3) is 5.91 Å². The Morgan fingerprint density at radius 3 is 2.38 bits per heavy atom. The molecule has 5 atom stereocenters. The second-order valence-electron chi connectivity index (χ2n) is 11.0. The fourth-order valence-electron chi connectivity index (χ4n) is 5.74. The van der Waals surface area contributed by atoms with Gasteiger partial charge in [-0.05, 0) is 66.2 Å². The first-order valence-electron chi connectivity index (χ1n) is 14.0. The molecule has 2 saturated heterocycles. The molecule has 0 saturated carbocycles. The molecule has 0 radical (unpaired) electrons. The van der Waals surface area contributed by atoms with Crippen LogP contribution in [-0.4, -0.2) is 106 Å². The summed E-state index contributed by atoms with van der Waals surface area (Å²) >= 11 is 0. The van der Waals surface area contributed by atoms with E-state index in [1.165, 1.54) is 5.69 Å². The minimum atomic E-state index is -1.68. The molecule has 222 valence electrons. The normalized spacial score (nSPS) is 25.7. The van der Waals surface area contributed by atoms with Gasteiger partial charge in [0.2, 0.25) is 0 Å². The van der Waals surface area contributed by atoms with Crippen molar-refractivity contribution in [2.24, 2.45) is 7.05 Å². The van der Waals surface area contributed by atoms with Crippen LogP contribution in [0.15, 0.2) is 54.1 Å². The summed E-state index contributed by atoms with van der Waals surface area (Å²) in [5, 5.41) is 54.5. The molecule has 0 bridgehead atoms. The Morgan fingerprint density at radius 2 is 1.69 bits per heavy atom. The molecule has 3 heterocycles. The second kappa shape index (κ2) is 12.2. The molecule has 3 aromatic rings. The highest BCUT2D eigenvalue weighted by molar-refractivity contribution is 6.04. The van der Waals surface area contributed by atoms with Crippen molar-refractivity contribution in [1.29, 1.82) is 5.26 Å². The Bertz CT molecular complexity index is 1540. The molecule has 2 fully saturated rings. The van der Waals surface area contributed by atoms with Crippen LogP contribution in [0.2, 0.25) is 0 Å². The zero-order valence-electron chi connectivity index (χ0n) is 23.9. The van der Waals surface area contributed by atoms with Crippen molar-refractivity contribution >= 4 is 27.9 Å². The number of amides is 1. The first-order chi connectivity index (χ1) is 20.1. The van der Waals surface area contributed by atoms with Gasteiger partial charge in [0.1, 0.15) is 36.0 Å². The van der Waals surface area contributed by atoms with Crippen LogP contribution in [0, 0.1) is 11.3 Å². The minimum Gasteiger partial charge on any atom is -0.394 e. The molecular weight excluding hydrogens is 538 g/mol. The number of hydrogen-bond donors (Lipinski definition) is 5. The number of ether oxygens (including phenoxy) is 1. The van der Waals surface area contributed by atoms with E-state index in [2.05, 4.69) is 58.6 Å². The number of fused-ring (bicyclic) bond motifs is 1. The molecule has 2 aromatic carbocycles. The lowest BCUT2D eigenvalue weighted by Gasteiger charge is -2.40. The monoisotopic (exact) mass is 575 g/mol. The lowest BCUT2D eigenvalue weighted by molar-refractivity contribution is -0.253. The summed E-state index contributed by atoms with van der Waals surface area (Å²) in [7, 11) is 4.00. The van der Waals surface area contributed by atoms with Crippen molar-refractivity contribution in [2.75, 3.05) is 44.7 Å². The van der Waals surface area contributed by atoms with Crippen LogP contribution in [0.3, 0.4) is 0 Å². The number of nitrogens with one attached hydrogen (secondary N) is 1. The van der Waals surface area contributed by atoms with E-state index in [1.54, 1.807) is 6.92 Å². The van der Waals surface area contributed by atoms with Crippen molar-refractivity contribution in [1.82, 2.24) is 14.8 Å². The highest BCUT2D eigenvalue weighted by Crippen LogP contribution is 2.31. The number of aliphatic hydroxyl groups is 4. The quantitative estimate of drug-likeness (QED) is 0.212. The number of carbonyl (C=O) groups excluding carboxylic acids is 1. The average Bonchev–Trinajstić information content (AvgIpc) is 3.38. The number of aliphatic hydroxyl groups excluding tert-OH is 4. The summed E-state index contributed by atoms with van der Waals surface area (Å²) in [4.78, 5) is 17.8. The van der Waals surface area contributed by atoms with E-state index in [4.69, 9.17) is 4.74 Å². The number of rotatable bonds is 6. The number of piperazine rings is 1. The first-order valence-corrected chi connectivity index (χ1v) is 14.0. The van der Waals surface area contributed by atoms with Crippen molar-refractivity contribution in [3.05, 3.63) is 59.8 Å². The standard InChI is InChI=1S/C31H37N5O6/c1-18(23(16-32)30(40)33-27-29(39)28(38)26(17-37)42-31(27)41)24-8-9-25(35(24)3)21-5-4-20-15-22(7-6-19(20)14-21)36-12-10-34(2)11-13-36/h4-9,14-15,26-29,31,37-39,41H,10-13,17H2,1-3H3,(H,33,40)/b23-18+/t26-,27-,28-,29-,31?/m1/s1. The largest absolute Gasteiger partial charge is 0.394 e. The van der Waals surface area contributed by atoms with E-state index in [0.29, 0.717) is 11.3 Å². The molecule has 0 aliphatic carbocycles. The van der Waals surface area contributed by atoms with Crippen molar-refractivity contribution < 1.29 is 30.0 Å². The van der Waals surface area contributed by atoms with Crippen molar-refractivity contribution in [2.45, 2.75) is 37.6 Å². The molecule has 1 aromatic heterocycles. The number of carbonyl (C=O) groups is 1. The smallest absolute Gasteiger partial charge is 0.262 e. The topological polar surface area (TPSA) is 154 Å². The van der Waals surface area contributed by atoms with Crippen molar-refractivity contribution in [3.8, 4) is 17.3 Å². The van der Waals surface area contributed by atoms with E-state index in [0.717, 1.165) is 48.2 Å². The number of nitrogens with zero attached hydrogens (tertiary/aromatic N) is 4. The molecule has 42 heavy (non-hydrogen) atoms. The summed E-state index contributed by atoms with van der Waals surface area (Å²) in [5.41, 5.74) is 3.93. The van der Waals surface area contributed by atoms with Gasteiger partial charge in [-0.2, -0.15) is 5.26 Å². The van der Waals surface area contributed by atoms with Crippen LogP contribution >= 0.6 is 0 Å². The third-order valence-electron chi connectivity index (χ3n) is 8.41. The van der Waals surface area contributed by atoms with Gasteiger partial charge in [0.05, 0.1) is 6.61 Å². The molecule has 0 spiro atoms. The van der Waals surface area contributed by atoms with E-state index in [-0.39, 0.29) is 5.57 Å². The summed E-state index contributed by atoms with van der Waals surface area (Å²) in [6.45, 7) is 5.13. The molecular formula is C31H37N5O6. The van der Waals surface area contributed by atoms with Gasteiger partial charge in [0, 0.05) is 50.3 Å². The molecule has 1 amide bonds. The number of likely N-dealkylation sites (N-methyl/N-ethyl adjacent to an activating group) is 1. The summed E-state index contributed by atoms with van der Waals surface area (Å²) in [6.07, 6.45) is -6.03. The maximum atomic E-state index is 13.1. The first kappa shape index (κ1) is 29.7. The number of hydrogen-bond acceptors (Lipinski definition) is 9. The van der Waals surface area contributed by atoms with Gasteiger partial charge in [-0.3, -0.25) is 4.79 Å². The SMILES string of the molecule is C/C(=C(/C#N)C(=O)N[C@H]1C(O)O[C@H](CO)[C@@H](O)[C@@H]1O)c1ccc(-c2ccc3cc(N4CCN(C)CC4)ccc3c2)n1C. The Balaban J connectivity index is 1.37. The Hall–Kier alpha value is -3.76. The predicted octanol–water partition coefficient (Wildman–Crippen LogP) is 0.810. The fraction of sp³-hybridized carbons (Fsp3) is 0.419. The molecule has 2 aliphatic heterocycles. The lowest BCUT2D eigenvalue weighted by atomic mass is 9.96. The van der Waals surface area contributed by atoms with Gasteiger partial charge in [0.15, 0.2) is 6.29 Å². The van der Waals surface area contributed by atoms with Crippen LogP contribution in [0.25, 0.3) is 27.6 Å². The average molecular weight is 576 g/mol. The number of anilines is 1. The van der Waals surface area contributed by atoms with E-state index < -0.39 is 43.2 Å². The molecule has 5 rings (SSSR count). The Kier molecular flexibility index (Phi) is 8.65. The van der Waals surface area contributed by atoms with Crippen LogP contribution in [-0.2, 0) is 16.6 Å². The summed E-state index contributed by atoms with van der Waals surface area (Å²) in [6, 6.07) is 17.1. The maximum absolute atomic E-state index is 13.1. The van der Waals surface area contributed by atoms with E-state index in [9.17, 15) is 30.5 Å². The lowest BCUT2D eigenvalue weighted by Crippen LogP contribution is -2.64.